The van der Waals surface area contributed by atoms with E-state index in [-0.39, 0.29) is 0 Å². The molecule has 5 nitrogen and oxygen atoms in total. The average molecular weight is 186 g/mol. The zero-order valence-electron chi connectivity index (χ0n) is 6.11. The zero-order valence-corrected chi connectivity index (χ0v) is 6.93. The summed E-state index contributed by atoms with van der Waals surface area (Å²) in [4.78, 5) is 0. The molecule has 0 aliphatic rings. The molecule has 0 aliphatic carbocycles. The number of hydrogen-bond acceptors (Lipinski definition) is 4. The molecule has 1 aromatic carbocycles. The van der Waals surface area contributed by atoms with Gasteiger partial charge in [0.1, 0.15) is 0 Å². The van der Waals surface area contributed by atoms with Gasteiger partial charge in [-0.2, -0.15) is 0 Å². The number of rotatable bonds is 2. The monoisotopic (exact) mass is 186 g/mol. The summed E-state index contributed by atoms with van der Waals surface area (Å²) in [6, 6.07) is 4.51. The number of hydrogen-bond donors (Lipinski definition) is 3. The van der Waals surface area contributed by atoms with Crippen LogP contribution in [0.15, 0.2) is 18.2 Å². The molecule has 6 heteroatoms. The molecule has 0 aliphatic heterocycles. The topological polar surface area (TPSA) is 104 Å². The van der Waals surface area contributed by atoms with Gasteiger partial charge in [-0.15, -0.1) is 0 Å². The largest absolute Gasteiger partial charge is 0.755 e. The van der Waals surface area contributed by atoms with E-state index < -0.39 is 11.3 Å². The highest BCUT2D eigenvalue weighted by atomic mass is 32.2. The molecule has 0 spiro atoms. The molecule has 0 saturated carbocycles. The Labute approximate surface area is 72.2 Å². The van der Waals surface area contributed by atoms with Crippen molar-refractivity contribution in [2.75, 3.05) is 16.2 Å². The first-order valence-electron chi connectivity index (χ1n) is 3.10. The molecule has 12 heavy (non-hydrogen) atoms. The van der Waals surface area contributed by atoms with Gasteiger partial charge in [-0.25, -0.2) is 0 Å². The Balaban J connectivity index is 2.89. The lowest BCUT2D eigenvalue weighted by molar-refractivity contribution is 0.542. The van der Waals surface area contributed by atoms with Crippen LogP contribution in [0.3, 0.4) is 0 Å². The summed E-state index contributed by atoms with van der Waals surface area (Å²) in [5.41, 5.74) is 12.0. The highest BCUT2D eigenvalue weighted by Gasteiger charge is 1.95. The first kappa shape index (κ1) is 8.82. The summed E-state index contributed by atoms with van der Waals surface area (Å²) in [5, 5.41) is 0. The van der Waals surface area contributed by atoms with Crippen molar-refractivity contribution in [3.63, 3.8) is 0 Å². The van der Waals surface area contributed by atoms with E-state index in [1.807, 2.05) is 0 Å². The van der Waals surface area contributed by atoms with Gasteiger partial charge in [0.15, 0.2) is 0 Å². The van der Waals surface area contributed by atoms with Gasteiger partial charge < -0.3 is 20.7 Å². The van der Waals surface area contributed by atoms with E-state index in [1.165, 1.54) is 18.2 Å². The Hall–Kier alpha value is -1.27. The van der Waals surface area contributed by atoms with Crippen LogP contribution in [0.5, 0.6) is 0 Å². The lowest BCUT2D eigenvalue weighted by Gasteiger charge is -2.09. The van der Waals surface area contributed by atoms with E-state index in [2.05, 4.69) is 4.72 Å². The molecule has 0 bridgehead atoms. The molecule has 1 aromatic rings. The molecule has 1 atom stereocenters. The summed E-state index contributed by atoms with van der Waals surface area (Å²) in [7, 11) is 0. The second-order valence-corrected chi connectivity index (χ2v) is 2.85. The maximum atomic E-state index is 10.2. The average Bonchev–Trinajstić information content (AvgIpc) is 1.96. The summed E-state index contributed by atoms with van der Waals surface area (Å²) in [6.45, 7) is 0. The molecule has 5 N–H and O–H groups in total. The molecular weight excluding hydrogens is 178 g/mol. The predicted molar refractivity (Wildman–Crippen MR) is 47.8 cm³/mol. The fourth-order valence-corrected chi connectivity index (χ4v) is 1.05. The summed E-state index contributed by atoms with van der Waals surface area (Å²) >= 11 is -2.33. The van der Waals surface area contributed by atoms with Crippen molar-refractivity contribution >= 4 is 28.3 Å². The maximum Gasteiger partial charge on any atom is 0.0568 e. The van der Waals surface area contributed by atoms with Crippen LogP contribution in [0.1, 0.15) is 0 Å². The quantitative estimate of drug-likeness (QED) is 0.448. The Morgan fingerprint density at radius 1 is 1.33 bits per heavy atom. The Morgan fingerprint density at radius 3 is 2.50 bits per heavy atom. The van der Waals surface area contributed by atoms with Crippen molar-refractivity contribution in [1.82, 2.24) is 0 Å². The molecule has 1 rings (SSSR count). The maximum absolute atomic E-state index is 10.2. The number of nitrogens with one attached hydrogen (secondary N) is 1. The van der Waals surface area contributed by atoms with Crippen molar-refractivity contribution in [1.29, 1.82) is 0 Å². The molecule has 0 radical (unpaired) electrons. The van der Waals surface area contributed by atoms with Crippen LogP contribution in [-0.4, -0.2) is 8.76 Å². The first-order chi connectivity index (χ1) is 5.59. The standard InChI is InChI=1S/C6H9N3O2S/c7-5-2-1-4(3-6(5)8)9-12(10)11/h1-3,9H,7-8H2,(H,10,11)/p-1. The van der Waals surface area contributed by atoms with Gasteiger partial charge in [-0.1, -0.05) is 0 Å². The van der Waals surface area contributed by atoms with Crippen molar-refractivity contribution in [2.45, 2.75) is 0 Å². The van der Waals surface area contributed by atoms with Gasteiger partial charge in [0, 0.05) is 17.0 Å². The third-order valence-electron chi connectivity index (χ3n) is 1.29. The Kier molecular flexibility index (Phi) is 2.51. The van der Waals surface area contributed by atoms with Crippen LogP contribution < -0.4 is 16.2 Å². The van der Waals surface area contributed by atoms with Crippen molar-refractivity contribution in [3.05, 3.63) is 18.2 Å². The zero-order chi connectivity index (χ0) is 9.14. The van der Waals surface area contributed by atoms with E-state index in [1.54, 1.807) is 0 Å². The molecule has 1 unspecified atom stereocenters. The normalized spacial score (nSPS) is 12.4. The van der Waals surface area contributed by atoms with Gasteiger partial charge in [0.25, 0.3) is 0 Å². The molecule has 66 valence electrons. The van der Waals surface area contributed by atoms with Crippen LogP contribution in [0, 0.1) is 0 Å². The molecular formula is C6H8N3O2S-. The van der Waals surface area contributed by atoms with Gasteiger partial charge in [-0.3, -0.25) is 4.21 Å². The lowest BCUT2D eigenvalue weighted by atomic mass is 10.2. The number of anilines is 3. The van der Waals surface area contributed by atoms with Crippen molar-refractivity contribution < 1.29 is 8.76 Å². The minimum atomic E-state index is -2.33. The third-order valence-corrected chi connectivity index (χ3v) is 1.69. The Morgan fingerprint density at radius 2 is 2.00 bits per heavy atom. The summed E-state index contributed by atoms with van der Waals surface area (Å²) < 4.78 is 22.5. The fraction of sp³-hybridized carbons (Fsp3) is 0. The van der Waals surface area contributed by atoms with Gasteiger partial charge >= 0.3 is 0 Å². The van der Waals surface area contributed by atoms with E-state index >= 15 is 0 Å². The highest BCUT2D eigenvalue weighted by Crippen LogP contribution is 2.19. The van der Waals surface area contributed by atoms with Crippen molar-refractivity contribution in [3.8, 4) is 0 Å². The summed E-state index contributed by atoms with van der Waals surface area (Å²) in [6.07, 6.45) is 0. The minimum absolute atomic E-state index is 0.352. The van der Waals surface area contributed by atoms with E-state index in [0.717, 1.165) is 0 Å². The van der Waals surface area contributed by atoms with Gasteiger partial charge in [0.2, 0.25) is 0 Å². The minimum Gasteiger partial charge on any atom is -0.755 e. The molecule has 0 amide bonds. The van der Waals surface area contributed by atoms with Crippen LogP contribution >= 0.6 is 0 Å². The second-order valence-electron chi connectivity index (χ2n) is 2.18. The highest BCUT2D eigenvalue weighted by molar-refractivity contribution is 7.80. The van der Waals surface area contributed by atoms with E-state index in [0.29, 0.717) is 17.1 Å². The number of nitrogens with two attached hydrogens (primary N) is 2. The smallest absolute Gasteiger partial charge is 0.0568 e. The van der Waals surface area contributed by atoms with Crippen LogP contribution in [0.4, 0.5) is 17.1 Å². The molecule has 0 heterocycles. The Bertz CT molecular complexity index is 316. The third kappa shape index (κ3) is 2.11. The van der Waals surface area contributed by atoms with E-state index in [9.17, 15) is 8.76 Å². The van der Waals surface area contributed by atoms with Crippen molar-refractivity contribution in [2.24, 2.45) is 0 Å². The van der Waals surface area contributed by atoms with Gasteiger partial charge in [0.05, 0.1) is 11.4 Å². The van der Waals surface area contributed by atoms with Crippen LogP contribution in [-0.2, 0) is 11.3 Å². The first-order valence-corrected chi connectivity index (χ1v) is 4.18. The van der Waals surface area contributed by atoms with E-state index in [4.69, 9.17) is 11.5 Å². The van der Waals surface area contributed by atoms with Crippen LogP contribution in [0.2, 0.25) is 0 Å². The predicted octanol–water partition coefficient (Wildman–Crippen LogP) is 0.0570. The molecule has 0 aromatic heterocycles. The van der Waals surface area contributed by atoms with Gasteiger partial charge in [-0.05, 0) is 18.2 Å². The summed E-state index contributed by atoms with van der Waals surface area (Å²) in [5.74, 6) is 0. The van der Waals surface area contributed by atoms with Crippen LogP contribution in [0.25, 0.3) is 0 Å². The second kappa shape index (κ2) is 3.42. The SMILES string of the molecule is Nc1ccc(NS(=O)[O-])cc1N. The number of nitrogen functional groups attached to an aromatic ring is 2. The fourth-order valence-electron chi connectivity index (χ4n) is 0.734. The molecule has 0 saturated heterocycles. The lowest BCUT2D eigenvalue weighted by Crippen LogP contribution is -2.03. The molecule has 0 fully saturated rings. The number of benzene rings is 1.